The molecule has 6 heteroatoms. The molecule has 1 aliphatic carbocycles. The topological polar surface area (TPSA) is 46.9 Å². The van der Waals surface area contributed by atoms with Crippen LogP contribution in [0, 0.1) is 5.41 Å². The maximum Gasteiger partial charge on any atom is 0.162 e. The minimum Gasteiger partial charge on any atom is -0.373 e. The van der Waals surface area contributed by atoms with E-state index in [1.54, 1.807) is 6.07 Å². The molecule has 2 heterocycles. The molecule has 0 saturated carbocycles. The van der Waals surface area contributed by atoms with E-state index in [2.05, 4.69) is 73.9 Å². The number of allylic oxidation sites excluding steroid dienone is 1. The number of carbonyl (C=O) groups is 1. The number of Topliss-reactive ketones (excluding diaryl/α,β-unsaturated/α-hetero) is 1. The highest BCUT2D eigenvalue weighted by molar-refractivity contribution is 6.35. The molecule has 0 spiro atoms. The van der Waals surface area contributed by atoms with Gasteiger partial charge in [-0.3, -0.25) is 9.48 Å². The van der Waals surface area contributed by atoms with Crippen LogP contribution < -0.4 is 5.32 Å². The summed E-state index contributed by atoms with van der Waals surface area (Å²) in [4.78, 5) is 14.0. The lowest BCUT2D eigenvalue weighted by Gasteiger charge is -2.40. The van der Waals surface area contributed by atoms with Gasteiger partial charge in [0.15, 0.2) is 5.78 Å². The largest absolute Gasteiger partial charge is 0.373 e. The van der Waals surface area contributed by atoms with Crippen LogP contribution >= 0.6 is 23.2 Å². The van der Waals surface area contributed by atoms with Crippen molar-refractivity contribution in [1.82, 2.24) is 9.78 Å². The second-order valence-electron chi connectivity index (χ2n) is 11.9. The van der Waals surface area contributed by atoms with E-state index in [0.29, 0.717) is 23.0 Å². The van der Waals surface area contributed by atoms with Crippen LogP contribution in [-0.4, -0.2) is 15.6 Å². The molecule has 1 aliphatic heterocycles. The number of ketones is 1. The van der Waals surface area contributed by atoms with Crippen molar-refractivity contribution in [3.63, 3.8) is 0 Å². The zero-order valence-corrected chi connectivity index (χ0v) is 24.4. The highest BCUT2D eigenvalue weighted by Gasteiger charge is 2.42. The smallest absolute Gasteiger partial charge is 0.162 e. The molecule has 1 atom stereocenters. The number of hydrogen-bond acceptors (Lipinski definition) is 3. The summed E-state index contributed by atoms with van der Waals surface area (Å²) >= 11 is 12.7. The molecule has 7 rings (SSSR count). The van der Waals surface area contributed by atoms with Crippen LogP contribution in [0.5, 0.6) is 0 Å². The van der Waals surface area contributed by atoms with Crippen molar-refractivity contribution in [2.75, 3.05) is 5.32 Å². The summed E-state index contributed by atoms with van der Waals surface area (Å²) in [5.41, 5.74) is 7.83. The van der Waals surface area contributed by atoms with Crippen molar-refractivity contribution in [3.05, 3.63) is 123 Å². The Balaban J connectivity index is 1.43. The first kappa shape index (κ1) is 26.1. The van der Waals surface area contributed by atoms with E-state index < -0.39 is 0 Å². The Morgan fingerprint density at radius 1 is 0.951 bits per heavy atom. The number of fused-ring (bicyclic) bond motifs is 4. The quantitative estimate of drug-likeness (QED) is 0.231. The fraction of sp³-hybridized carbons (Fsp3) is 0.200. The molecule has 5 aromatic rings. The second-order valence-corrected chi connectivity index (χ2v) is 12.7. The van der Waals surface area contributed by atoms with Crippen LogP contribution in [0.3, 0.4) is 0 Å². The van der Waals surface area contributed by atoms with E-state index in [1.807, 2.05) is 35.0 Å². The third-order valence-electron chi connectivity index (χ3n) is 8.23. The normalized spacial score (nSPS) is 17.8. The Hall–Kier alpha value is -3.86. The Kier molecular flexibility index (Phi) is 6.29. The van der Waals surface area contributed by atoms with Gasteiger partial charge in [-0.05, 0) is 51.9 Å². The van der Waals surface area contributed by atoms with E-state index in [4.69, 9.17) is 28.3 Å². The molecule has 2 aliphatic rings. The minimum atomic E-state index is -0.327. The van der Waals surface area contributed by atoms with Crippen molar-refractivity contribution >= 4 is 51.0 Å². The number of aromatic nitrogens is 2. The van der Waals surface area contributed by atoms with E-state index in [9.17, 15) is 4.79 Å². The predicted octanol–water partition coefficient (Wildman–Crippen LogP) is 9.37. The van der Waals surface area contributed by atoms with E-state index in [1.165, 1.54) is 10.8 Å². The van der Waals surface area contributed by atoms with Crippen molar-refractivity contribution in [1.29, 1.82) is 0 Å². The Bertz CT molecular complexity index is 1870. The van der Waals surface area contributed by atoms with Gasteiger partial charge in [-0.15, -0.1) is 0 Å². The van der Waals surface area contributed by atoms with Crippen LogP contribution in [-0.2, 0) is 11.3 Å². The minimum absolute atomic E-state index is 0.121. The second kappa shape index (κ2) is 9.90. The van der Waals surface area contributed by atoms with Crippen molar-refractivity contribution < 1.29 is 4.79 Å². The number of rotatable bonds is 4. The maximum atomic E-state index is 14.0. The fourth-order valence-electron chi connectivity index (χ4n) is 6.44. The zero-order valence-electron chi connectivity index (χ0n) is 22.9. The molecule has 1 aromatic heterocycles. The molecule has 0 amide bonds. The van der Waals surface area contributed by atoms with Crippen molar-refractivity contribution in [2.24, 2.45) is 5.41 Å². The standard InChI is InChI=1S/C35H29Cl2N3O/c1-35(2)17-26-31-25-11-7-6-8-21(25)13-15-29(31)38-34(32(26)30(41)18-35)27-20-40(19-23-12-14-24(36)16-28(23)37)39-33(27)22-9-4-3-5-10-22/h3-16,20,34,38H,17-19H2,1-2H3. The van der Waals surface area contributed by atoms with Crippen LogP contribution in [0.4, 0.5) is 5.69 Å². The summed E-state index contributed by atoms with van der Waals surface area (Å²) in [7, 11) is 0. The van der Waals surface area contributed by atoms with Gasteiger partial charge in [0.25, 0.3) is 0 Å². The molecule has 204 valence electrons. The average molecular weight is 579 g/mol. The third-order valence-corrected chi connectivity index (χ3v) is 8.82. The molecule has 0 radical (unpaired) electrons. The summed E-state index contributed by atoms with van der Waals surface area (Å²) in [6.07, 6.45) is 3.41. The number of carbonyl (C=O) groups excluding carboxylic acids is 1. The zero-order chi connectivity index (χ0) is 28.3. The van der Waals surface area contributed by atoms with E-state index in [-0.39, 0.29) is 17.2 Å². The van der Waals surface area contributed by atoms with E-state index in [0.717, 1.165) is 51.2 Å². The van der Waals surface area contributed by atoms with Crippen LogP contribution in [0.2, 0.25) is 10.0 Å². The van der Waals surface area contributed by atoms with Gasteiger partial charge in [-0.1, -0.05) is 104 Å². The van der Waals surface area contributed by atoms with Crippen LogP contribution in [0.25, 0.3) is 27.6 Å². The lowest BCUT2D eigenvalue weighted by atomic mass is 9.67. The SMILES string of the molecule is CC1(C)CC(=O)C2=C(C1)c1c(ccc3ccccc13)NC2c1cn(Cc2ccc(Cl)cc2Cl)nc1-c1ccccc1. The first-order chi connectivity index (χ1) is 19.8. The van der Waals surface area contributed by atoms with Crippen LogP contribution in [0.1, 0.15) is 49.4 Å². The molecule has 0 fully saturated rings. The van der Waals surface area contributed by atoms with Crippen molar-refractivity contribution in [3.8, 4) is 11.3 Å². The summed E-state index contributed by atoms with van der Waals surface area (Å²) in [6.45, 7) is 4.87. The first-order valence-electron chi connectivity index (χ1n) is 13.9. The molecule has 4 aromatic carbocycles. The van der Waals surface area contributed by atoms with Gasteiger partial charge in [0, 0.05) is 50.6 Å². The lowest BCUT2D eigenvalue weighted by molar-refractivity contribution is -0.118. The fourth-order valence-corrected chi connectivity index (χ4v) is 6.91. The highest BCUT2D eigenvalue weighted by atomic mass is 35.5. The predicted molar refractivity (Wildman–Crippen MR) is 168 cm³/mol. The highest BCUT2D eigenvalue weighted by Crippen LogP contribution is 2.52. The number of nitrogens with zero attached hydrogens (tertiary/aromatic N) is 2. The van der Waals surface area contributed by atoms with Gasteiger partial charge < -0.3 is 5.32 Å². The molecule has 1 unspecified atom stereocenters. The maximum absolute atomic E-state index is 14.0. The van der Waals surface area contributed by atoms with E-state index >= 15 is 0 Å². The van der Waals surface area contributed by atoms with Gasteiger partial charge in [0.1, 0.15) is 0 Å². The van der Waals surface area contributed by atoms with Gasteiger partial charge >= 0.3 is 0 Å². The number of halogens is 2. The third kappa shape index (κ3) is 4.65. The van der Waals surface area contributed by atoms with Gasteiger partial charge in [0.05, 0.1) is 18.3 Å². The number of anilines is 1. The Labute approximate surface area is 249 Å². The van der Waals surface area contributed by atoms with Crippen molar-refractivity contribution in [2.45, 2.75) is 39.3 Å². The molecule has 1 N–H and O–H groups in total. The summed E-state index contributed by atoms with van der Waals surface area (Å²) in [6, 6.07) is 28.1. The molecule has 4 nitrogen and oxygen atoms in total. The van der Waals surface area contributed by atoms with Gasteiger partial charge in [-0.2, -0.15) is 5.10 Å². The number of benzene rings is 4. The number of nitrogens with one attached hydrogen (secondary N) is 1. The first-order valence-corrected chi connectivity index (χ1v) is 14.6. The molecule has 41 heavy (non-hydrogen) atoms. The Morgan fingerprint density at radius 3 is 2.54 bits per heavy atom. The monoisotopic (exact) mass is 577 g/mol. The number of hydrogen-bond donors (Lipinski definition) is 1. The summed E-state index contributed by atoms with van der Waals surface area (Å²) < 4.78 is 1.92. The van der Waals surface area contributed by atoms with Gasteiger partial charge in [-0.25, -0.2) is 0 Å². The summed E-state index contributed by atoms with van der Waals surface area (Å²) in [5, 5.41) is 12.4. The summed E-state index contributed by atoms with van der Waals surface area (Å²) in [5.74, 6) is 0.194. The molecular weight excluding hydrogens is 549 g/mol. The Morgan fingerprint density at radius 2 is 1.73 bits per heavy atom. The molecule has 0 bridgehead atoms. The molecule has 0 saturated heterocycles. The van der Waals surface area contributed by atoms with Gasteiger partial charge in [0.2, 0.25) is 0 Å². The van der Waals surface area contributed by atoms with Crippen LogP contribution in [0.15, 0.2) is 96.7 Å². The average Bonchev–Trinajstić information content (AvgIpc) is 3.37. The lowest BCUT2D eigenvalue weighted by Crippen LogP contribution is -2.33. The molecular formula is C35H29Cl2N3O.